The maximum absolute atomic E-state index is 12.7. The van der Waals surface area contributed by atoms with Gasteiger partial charge in [-0.2, -0.15) is 0 Å². The Balaban J connectivity index is 2.31. The first-order chi connectivity index (χ1) is 26.8. The molecule has 55 heavy (non-hydrogen) atoms. The van der Waals surface area contributed by atoms with Crippen LogP contribution in [0, 0.1) is 0 Å². The first-order valence-electron chi connectivity index (χ1n) is 22.4. The number of hydrogen-bond acceptors (Lipinski definition) is 10. The second-order valence-corrected chi connectivity index (χ2v) is 15.5. The molecule has 0 bridgehead atoms. The summed E-state index contributed by atoms with van der Waals surface area (Å²) in [7, 11) is 0. The Kier molecular flexibility index (Phi) is 34.0. The molecule has 10 heteroatoms. The molecule has 0 aliphatic carbocycles. The van der Waals surface area contributed by atoms with Crippen molar-refractivity contribution >= 4 is 11.9 Å². The SMILES string of the molecule is CCC/C=C\C/C=C\CCCCCCCC(=O)OC(COC(=O)CCCCCCCCCCCCCCCCCCC)COC1OC(CO)C(O)C(O)C1O. The normalized spacial score (nSPS) is 20.7. The molecule has 1 aliphatic rings. The molecule has 1 fully saturated rings. The van der Waals surface area contributed by atoms with Crippen LogP contribution >= 0.6 is 0 Å². The van der Waals surface area contributed by atoms with Gasteiger partial charge in [-0.25, -0.2) is 0 Å². The van der Waals surface area contributed by atoms with E-state index in [4.69, 9.17) is 18.9 Å². The molecule has 1 rings (SSSR count). The van der Waals surface area contributed by atoms with Crippen molar-refractivity contribution in [2.45, 2.75) is 230 Å². The highest BCUT2D eigenvalue weighted by Gasteiger charge is 2.44. The summed E-state index contributed by atoms with van der Waals surface area (Å²) in [6.45, 7) is 3.35. The molecule has 0 spiro atoms. The lowest BCUT2D eigenvalue weighted by Gasteiger charge is -2.39. The van der Waals surface area contributed by atoms with Gasteiger partial charge in [0, 0.05) is 12.8 Å². The Morgan fingerprint density at radius 3 is 1.58 bits per heavy atom. The quantitative estimate of drug-likeness (QED) is 0.0273. The van der Waals surface area contributed by atoms with E-state index in [-0.39, 0.29) is 32.0 Å². The predicted octanol–water partition coefficient (Wildman–Crippen LogP) is 9.33. The van der Waals surface area contributed by atoms with E-state index in [0.29, 0.717) is 6.42 Å². The summed E-state index contributed by atoms with van der Waals surface area (Å²) >= 11 is 0. The molecule has 322 valence electrons. The molecule has 1 aliphatic heterocycles. The highest BCUT2D eigenvalue weighted by atomic mass is 16.7. The molecule has 1 saturated heterocycles. The number of carbonyl (C=O) groups is 2. The molecule has 0 saturated carbocycles. The van der Waals surface area contributed by atoms with Gasteiger partial charge in [-0.1, -0.05) is 167 Å². The molecule has 6 atom stereocenters. The second-order valence-electron chi connectivity index (χ2n) is 15.5. The molecular formula is C45H82O10. The Bertz CT molecular complexity index is 954. The van der Waals surface area contributed by atoms with Crippen molar-refractivity contribution in [1.29, 1.82) is 0 Å². The number of hydrogen-bond donors (Lipinski definition) is 4. The lowest BCUT2D eigenvalue weighted by Crippen LogP contribution is -2.59. The summed E-state index contributed by atoms with van der Waals surface area (Å²) in [4.78, 5) is 25.3. The van der Waals surface area contributed by atoms with Gasteiger partial charge in [0.2, 0.25) is 0 Å². The van der Waals surface area contributed by atoms with Crippen molar-refractivity contribution in [3.63, 3.8) is 0 Å². The van der Waals surface area contributed by atoms with Crippen LogP contribution in [-0.2, 0) is 28.5 Å². The van der Waals surface area contributed by atoms with Gasteiger partial charge in [0.25, 0.3) is 0 Å². The molecule has 0 aromatic carbocycles. The number of rotatable bonds is 37. The molecule has 6 unspecified atom stereocenters. The van der Waals surface area contributed by atoms with Crippen molar-refractivity contribution < 1.29 is 49.0 Å². The van der Waals surface area contributed by atoms with Crippen molar-refractivity contribution in [2.75, 3.05) is 19.8 Å². The number of esters is 2. The van der Waals surface area contributed by atoms with Gasteiger partial charge in [0.15, 0.2) is 12.4 Å². The molecule has 10 nitrogen and oxygen atoms in total. The molecule has 0 aromatic heterocycles. The summed E-state index contributed by atoms with van der Waals surface area (Å²) in [6.07, 6.45) is 31.8. The minimum absolute atomic E-state index is 0.216. The van der Waals surface area contributed by atoms with E-state index in [2.05, 4.69) is 38.2 Å². The van der Waals surface area contributed by atoms with E-state index in [1.54, 1.807) is 0 Å². The van der Waals surface area contributed by atoms with Crippen molar-refractivity contribution in [2.24, 2.45) is 0 Å². The maximum atomic E-state index is 12.7. The molecular weight excluding hydrogens is 700 g/mol. The molecule has 4 N–H and O–H groups in total. The van der Waals surface area contributed by atoms with E-state index in [1.165, 1.54) is 96.3 Å². The lowest BCUT2D eigenvalue weighted by molar-refractivity contribution is -0.305. The van der Waals surface area contributed by atoms with Gasteiger partial charge in [-0.15, -0.1) is 0 Å². The van der Waals surface area contributed by atoms with Gasteiger partial charge in [0.05, 0.1) is 13.2 Å². The van der Waals surface area contributed by atoms with E-state index in [1.807, 2.05) is 0 Å². The number of aliphatic hydroxyl groups excluding tert-OH is 4. The molecule has 0 radical (unpaired) electrons. The van der Waals surface area contributed by atoms with Gasteiger partial charge in [-0.05, 0) is 38.5 Å². The lowest BCUT2D eigenvalue weighted by atomic mass is 9.99. The van der Waals surface area contributed by atoms with Crippen LogP contribution in [0.1, 0.15) is 194 Å². The Morgan fingerprint density at radius 2 is 1.05 bits per heavy atom. The fourth-order valence-corrected chi connectivity index (χ4v) is 6.76. The van der Waals surface area contributed by atoms with Crippen LogP contribution in [0.25, 0.3) is 0 Å². The minimum atomic E-state index is -1.59. The van der Waals surface area contributed by atoms with Crippen LogP contribution in [0.3, 0.4) is 0 Å². The van der Waals surface area contributed by atoms with E-state index in [0.717, 1.165) is 64.2 Å². The minimum Gasteiger partial charge on any atom is -0.462 e. The average molecular weight is 783 g/mol. The largest absolute Gasteiger partial charge is 0.462 e. The van der Waals surface area contributed by atoms with E-state index >= 15 is 0 Å². The van der Waals surface area contributed by atoms with Gasteiger partial charge < -0.3 is 39.4 Å². The second kappa shape index (κ2) is 36.5. The summed E-state index contributed by atoms with van der Waals surface area (Å²) in [5.41, 5.74) is 0. The Morgan fingerprint density at radius 1 is 0.564 bits per heavy atom. The van der Waals surface area contributed by atoms with E-state index in [9.17, 15) is 30.0 Å². The van der Waals surface area contributed by atoms with Crippen LogP contribution in [0.4, 0.5) is 0 Å². The van der Waals surface area contributed by atoms with Crippen LogP contribution in [0.2, 0.25) is 0 Å². The molecule has 0 aromatic rings. The number of carbonyl (C=O) groups excluding carboxylic acids is 2. The Labute approximate surface area is 334 Å². The summed E-state index contributed by atoms with van der Waals surface area (Å²) in [6, 6.07) is 0. The summed E-state index contributed by atoms with van der Waals surface area (Å²) in [5, 5.41) is 40.0. The monoisotopic (exact) mass is 783 g/mol. The van der Waals surface area contributed by atoms with Crippen LogP contribution < -0.4 is 0 Å². The number of allylic oxidation sites excluding steroid dienone is 4. The highest BCUT2D eigenvalue weighted by Crippen LogP contribution is 2.23. The zero-order valence-electron chi connectivity index (χ0n) is 34.9. The van der Waals surface area contributed by atoms with Crippen LogP contribution in [0.5, 0.6) is 0 Å². The maximum Gasteiger partial charge on any atom is 0.306 e. The zero-order chi connectivity index (χ0) is 40.2. The number of unbranched alkanes of at least 4 members (excludes halogenated alkanes) is 22. The third kappa shape index (κ3) is 28.3. The fraction of sp³-hybridized carbons (Fsp3) is 0.867. The van der Waals surface area contributed by atoms with Crippen LogP contribution in [0.15, 0.2) is 24.3 Å². The van der Waals surface area contributed by atoms with Crippen molar-refractivity contribution in [1.82, 2.24) is 0 Å². The first kappa shape index (κ1) is 51.2. The van der Waals surface area contributed by atoms with Gasteiger partial charge in [0.1, 0.15) is 31.0 Å². The molecule has 1 heterocycles. The third-order valence-electron chi connectivity index (χ3n) is 10.3. The zero-order valence-corrected chi connectivity index (χ0v) is 34.9. The summed E-state index contributed by atoms with van der Waals surface area (Å²) in [5.74, 6) is -0.816. The third-order valence-corrected chi connectivity index (χ3v) is 10.3. The number of aliphatic hydroxyl groups is 4. The van der Waals surface area contributed by atoms with E-state index < -0.39 is 49.4 Å². The number of ether oxygens (including phenoxy) is 4. The van der Waals surface area contributed by atoms with Gasteiger partial charge >= 0.3 is 11.9 Å². The standard InChI is InChI=1S/C45H82O10/c1-3-5-7-9-11-13-15-17-18-19-20-22-23-25-27-29-31-33-40(47)52-36-38(37-53-45-44(51)43(50)42(49)39(35-46)55-45)54-41(48)34-32-30-28-26-24-21-16-14-12-10-8-6-4-2/h8,10,14,16,38-39,42-46,49-51H,3-7,9,11-13,15,17-37H2,1-2H3/b10-8-,16-14-. The van der Waals surface area contributed by atoms with Crippen molar-refractivity contribution in [3.05, 3.63) is 24.3 Å². The van der Waals surface area contributed by atoms with Gasteiger partial charge in [-0.3, -0.25) is 9.59 Å². The van der Waals surface area contributed by atoms with Crippen molar-refractivity contribution in [3.8, 4) is 0 Å². The summed E-state index contributed by atoms with van der Waals surface area (Å²) < 4.78 is 22.1. The Hall–Kier alpha value is -1.82. The average Bonchev–Trinajstić information content (AvgIpc) is 3.18. The molecule has 0 amide bonds. The fourth-order valence-electron chi connectivity index (χ4n) is 6.76. The first-order valence-corrected chi connectivity index (χ1v) is 22.4. The van der Waals surface area contributed by atoms with Crippen LogP contribution in [-0.4, -0.2) is 89.0 Å². The predicted molar refractivity (Wildman–Crippen MR) is 219 cm³/mol. The topological polar surface area (TPSA) is 152 Å². The smallest absolute Gasteiger partial charge is 0.306 e. The highest BCUT2D eigenvalue weighted by molar-refractivity contribution is 5.70.